The Morgan fingerprint density at radius 2 is 1.83 bits per heavy atom. The third kappa shape index (κ3) is 2.80. The second-order valence-electron chi connectivity index (χ2n) is 7.84. The van der Waals surface area contributed by atoms with Gasteiger partial charge in [0.05, 0.1) is 32.7 Å². The Labute approximate surface area is 175 Å². The van der Waals surface area contributed by atoms with Crippen LogP contribution in [-0.4, -0.2) is 50.8 Å². The molecule has 0 unspecified atom stereocenters. The molecule has 7 heteroatoms. The maximum absolute atomic E-state index is 13.5. The first-order valence-electron chi connectivity index (χ1n) is 10.2. The zero-order chi connectivity index (χ0) is 20.8. The number of anilines is 1. The van der Waals surface area contributed by atoms with E-state index in [0.717, 1.165) is 35.3 Å². The van der Waals surface area contributed by atoms with Gasteiger partial charge in [0, 0.05) is 12.2 Å². The molecule has 0 aromatic heterocycles. The van der Waals surface area contributed by atoms with Crippen LogP contribution >= 0.6 is 0 Å². The summed E-state index contributed by atoms with van der Waals surface area (Å²) in [6.45, 7) is 1.35. The van der Waals surface area contributed by atoms with Gasteiger partial charge in [-0.05, 0) is 47.7 Å². The fraction of sp³-hybridized carbons (Fsp3) is 0.391. The lowest BCUT2D eigenvalue weighted by atomic mass is 9.77. The highest BCUT2D eigenvalue weighted by Crippen LogP contribution is 2.48. The predicted molar refractivity (Wildman–Crippen MR) is 110 cm³/mol. The van der Waals surface area contributed by atoms with Crippen LogP contribution in [0.15, 0.2) is 36.4 Å². The average Bonchev–Trinajstić information content (AvgIpc) is 3.22. The number of cyclic esters (lactones) is 1. The van der Waals surface area contributed by atoms with Crippen molar-refractivity contribution in [1.82, 2.24) is 4.90 Å². The molecule has 2 atom stereocenters. The summed E-state index contributed by atoms with van der Waals surface area (Å²) in [7, 11) is 3.24. The van der Waals surface area contributed by atoms with Crippen molar-refractivity contribution >= 4 is 17.7 Å². The summed E-state index contributed by atoms with van der Waals surface area (Å²) in [5.41, 5.74) is 4.48. The number of methoxy groups -OCH3 is 2. The van der Waals surface area contributed by atoms with Crippen molar-refractivity contribution < 1.29 is 23.8 Å². The van der Waals surface area contributed by atoms with Crippen molar-refractivity contribution in [2.75, 3.05) is 38.8 Å². The molecule has 2 aromatic rings. The number of carbonyl (C=O) groups is 2. The number of hydrogen-bond acceptors (Lipinski definition) is 6. The molecule has 3 aliphatic heterocycles. The molecule has 0 bridgehead atoms. The van der Waals surface area contributed by atoms with Crippen LogP contribution in [0.25, 0.3) is 0 Å². The molecule has 2 aromatic carbocycles. The SMILES string of the molecule is COc1cc2c(cc1OC)[C@H]1[C@H](C(=O)N3CCOC3=O)Cc3ccccc3N1CC2. The molecule has 5 rings (SSSR count). The molecule has 3 aliphatic rings. The van der Waals surface area contributed by atoms with Crippen LogP contribution in [0.4, 0.5) is 10.5 Å². The third-order valence-corrected chi connectivity index (χ3v) is 6.39. The smallest absolute Gasteiger partial charge is 0.416 e. The molecule has 0 saturated carbocycles. The van der Waals surface area contributed by atoms with Crippen LogP contribution in [0, 0.1) is 5.92 Å². The lowest BCUT2D eigenvalue weighted by Crippen LogP contribution is -2.50. The van der Waals surface area contributed by atoms with Gasteiger partial charge in [-0.15, -0.1) is 0 Å². The molecule has 0 spiro atoms. The number of ether oxygens (including phenoxy) is 3. The molecule has 1 fully saturated rings. The molecule has 7 nitrogen and oxygen atoms in total. The lowest BCUT2D eigenvalue weighted by molar-refractivity contribution is -0.133. The third-order valence-electron chi connectivity index (χ3n) is 6.39. The van der Waals surface area contributed by atoms with Gasteiger partial charge in [-0.2, -0.15) is 0 Å². The zero-order valence-corrected chi connectivity index (χ0v) is 17.1. The van der Waals surface area contributed by atoms with E-state index in [1.165, 1.54) is 4.90 Å². The molecular weight excluding hydrogens is 384 g/mol. The predicted octanol–water partition coefficient (Wildman–Crippen LogP) is 2.96. The highest BCUT2D eigenvalue weighted by molar-refractivity contribution is 5.95. The average molecular weight is 408 g/mol. The number of para-hydroxylation sites is 1. The van der Waals surface area contributed by atoms with Gasteiger partial charge in [-0.1, -0.05) is 18.2 Å². The summed E-state index contributed by atoms with van der Waals surface area (Å²) in [4.78, 5) is 29.2. The molecule has 1 saturated heterocycles. The number of amides is 2. The largest absolute Gasteiger partial charge is 0.493 e. The number of nitrogens with zero attached hydrogens (tertiary/aromatic N) is 2. The van der Waals surface area contributed by atoms with E-state index in [1.807, 2.05) is 24.3 Å². The Hall–Kier alpha value is -3.22. The Balaban J connectivity index is 1.64. The van der Waals surface area contributed by atoms with E-state index < -0.39 is 6.09 Å². The second-order valence-corrected chi connectivity index (χ2v) is 7.84. The Morgan fingerprint density at radius 3 is 2.57 bits per heavy atom. The highest BCUT2D eigenvalue weighted by Gasteiger charge is 2.45. The van der Waals surface area contributed by atoms with Gasteiger partial charge in [-0.3, -0.25) is 4.79 Å². The van der Waals surface area contributed by atoms with Crippen molar-refractivity contribution in [2.24, 2.45) is 5.92 Å². The number of fused-ring (bicyclic) bond motifs is 5. The standard InChI is InChI=1S/C23H24N2O5/c1-28-19-12-14-7-8-24-18-6-4-3-5-15(18)11-17(21(24)16(14)13-20(19)29-2)22(26)25-9-10-30-23(25)27/h3-6,12-13,17,21H,7-11H2,1-2H3/t17-,21+/m1/s1. The van der Waals surface area contributed by atoms with Gasteiger partial charge in [-0.25, -0.2) is 9.69 Å². The fourth-order valence-electron chi connectivity index (χ4n) is 5.01. The second kappa shape index (κ2) is 7.23. The Morgan fingerprint density at radius 1 is 1.07 bits per heavy atom. The number of imide groups is 1. The van der Waals surface area contributed by atoms with Crippen LogP contribution in [0.3, 0.4) is 0 Å². The van der Waals surface area contributed by atoms with Gasteiger partial charge >= 0.3 is 6.09 Å². The van der Waals surface area contributed by atoms with Crippen molar-refractivity contribution in [3.05, 3.63) is 53.1 Å². The van der Waals surface area contributed by atoms with E-state index in [1.54, 1.807) is 14.2 Å². The lowest BCUT2D eigenvalue weighted by Gasteiger charge is -2.47. The van der Waals surface area contributed by atoms with E-state index in [9.17, 15) is 9.59 Å². The molecule has 0 radical (unpaired) electrons. The van der Waals surface area contributed by atoms with Crippen molar-refractivity contribution in [1.29, 1.82) is 0 Å². The fourth-order valence-corrected chi connectivity index (χ4v) is 5.01. The van der Waals surface area contributed by atoms with Crippen molar-refractivity contribution in [2.45, 2.75) is 18.9 Å². The molecule has 30 heavy (non-hydrogen) atoms. The molecule has 3 heterocycles. The van der Waals surface area contributed by atoms with E-state index in [2.05, 4.69) is 17.0 Å². The van der Waals surface area contributed by atoms with Gasteiger partial charge in [0.1, 0.15) is 6.61 Å². The number of benzene rings is 2. The number of carbonyl (C=O) groups excluding carboxylic acids is 2. The molecule has 156 valence electrons. The minimum atomic E-state index is -0.547. The Bertz CT molecular complexity index is 1020. The summed E-state index contributed by atoms with van der Waals surface area (Å²) >= 11 is 0. The maximum atomic E-state index is 13.5. The van der Waals surface area contributed by atoms with Gasteiger partial charge in [0.2, 0.25) is 5.91 Å². The van der Waals surface area contributed by atoms with Gasteiger partial charge in [0.15, 0.2) is 11.5 Å². The first-order chi connectivity index (χ1) is 14.6. The topological polar surface area (TPSA) is 68.3 Å². The molecular formula is C23H24N2O5. The maximum Gasteiger partial charge on any atom is 0.416 e. The van der Waals surface area contributed by atoms with Crippen LogP contribution in [-0.2, 0) is 22.4 Å². The first-order valence-corrected chi connectivity index (χ1v) is 10.2. The number of rotatable bonds is 3. The normalized spacial score (nSPS) is 22.0. The molecule has 0 N–H and O–H groups in total. The van der Waals surface area contributed by atoms with Crippen LogP contribution in [0.1, 0.15) is 22.7 Å². The van der Waals surface area contributed by atoms with E-state index in [4.69, 9.17) is 14.2 Å². The van der Waals surface area contributed by atoms with Gasteiger partial charge < -0.3 is 19.1 Å². The first kappa shape index (κ1) is 18.8. The summed E-state index contributed by atoms with van der Waals surface area (Å²) in [6, 6.07) is 12.0. The van der Waals surface area contributed by atoms with E-state index >= 15 is 0 Å². The quantitative estimate of drug-likeness (QED) is 0.778. The zero-order valence-electron chi connectivity index (χ0n) is 17.1. The van der Waals surface area contributed by atoms with Crippen molar-refractivity contribution in [3.63, 3.8) is 0 Å². The van der Waals surface area contributed by atoms with Crippen molar-refractivity contribution in [3.8, 4) is 11.5 Å². The Kier molecular flexibility index (Phi) is 4.53. The van der Waals surface area contributed by atoms with E-state index in [0.29, 0.717) is 24.5 Å². The molecule has 0 aliphatic carbocycles. The highest BCUT2D eigenvalue weighted by atomic mass is 16.6. The van der Waals surface area contributed by atoms with Crippen LogP contribution in [0.5, 0.6) is 11.5 Å². The summed E-state index contributed by atoms with van der Waals surface area (Å²) in [6.07, 6.45) is 0.870. The monoisotopic (exact) mass is 408 g/mol. The minimum absolute atomic E-state index is 0.176. The summed E-state index contributed by atoms with van der Waals surface area (Å²) < 4.78 is 16.1. The summed E-state index contributed by atoms with van der Waals surface area (Å²) in [5.74, 6) is 0.767. The molecule has 2 amide bonds. The van der Waals surface area contributed by atoms with E-state index in [-0.39, 0.29) is 24.5 Å². The van der Waals surface area contributed by atoms with Crippen LogP contribution in [0.2, 0.25) is 0 Å². The van der Waals surface area contributed by atoms with Gasteiger partial charge in [0.25, 0.3) is 0 Å². The minimum Gasteiger partial charge on any atom is -0.493 e. The van der Waals surface area contributed by atoms with Crippen LogP contribution < -0.4 is 14.4 Å². The summed E-state index contributed by atoms with van der Waals surface area (Å²) in [5, 5.41) is 0. The number of hydrogen-bond donors (Lipinski definition) is 0.